The van der Waals surface area contributed by atoms with Crippen LogP contribution in [0.1, 0.15) is 6.92 Å². The van der Waals surface area contributed by atoms with E-state index in [9.17, 15) is 17.6 Å². The summed E-state index contributed by atoms with van der Waals surface area (Å²) in [5.74, 6) is 0. The molecule has 0 saturated heterocycles. The van der Waals surface area contributed by atoms with Crippen LogP contribution in [0.4, 0.5) is 17.6 Å². The number of alkyl halides is 4. The van der Waals surface area contributed by atoms with Gasteiger partial charge in [-0.3, -0.25) is 0 Å². The number of hydrogen-bond acceptors (Lipinski definition) is 2. The number of halogens is 4. The minimum absolute atomic E-state index is 0.207. The summed E-state index contributed by atoms with van der Waals surface area (Å²) in [7, 11) is 0. The summed E-state index contributed by atoms with van der Waals surface area (Å²) in [4.78, 5) is 0. The Morgan fingerprint density at radius 3 is 2.19 bits per heavy atom. The molecule has 1 unspecified atom stereocenters. The molecule has 2 N–H and O–H groups in total. The van der Waals surface area contributed by atoms with Gasteiger partial charge < -0.3 is 10.2 Å². The number of allylic oxidation sites excluding steroid dienone is 4. The molecule has 16 heavy (non-hydrogen) atoms. The summed E-state index contributed by atoms with van der Waals surface area (Å²) in [6.07, 6.45) is -5.21. The lowest BCUT2D eigenvalue weighted by Crippen LogP contribution is -2.09. The molecule has 0 aromatic carbocycles. The molecule has 0 heterocycles. The van der Waals surface area contributed by atoms with Gasteiger partial charge in [-0.25, -0.2) is 4.39 Å². The van der Waals surface area contributed by atoms with Gasteiger partial charge in [-0.15, -0.1) is 0 Å². The third kappa shape index (κ3) is 7.19. The van der Waals surface area contributed by atoms with Gasteiger partial charge in [-0.1, -0.05) is 12.2 Å². The zero-order chi connectivity index (χ0) is 12.8. The van der Waals surface area contributed by atoms with E-state index < -0.39 is 18.6 Å². The molecule has 6 heteroatoms. The van der Waals surface area contributed by atoms with E-state index in [1.807, 2.05) is 0 Å². The number of aliphatic hydroxyl groups is 2. The highest BCUT2D eigenvalue weighted by molar-refractivity contribution is 5.23. The van der Waals surface area contributed by atoms with Gasteiger partial charge in [0.1, 0.15) is 6.17 Å². The number of aliphatic hydroxyl groups excluding tert-OH is 1. The van der Waals surface area contributed by atoms with E-state index in [1.54, 1.807) is 6.92 Å². The van der Waals surface area contributed by atoms with E-state index >= 15 is 0 Å². The standard InChI is InChI=1S/C10H12F4O2/c1-2-3-7(9(15)16)6-8(11)4-5-10(12,13)14/h2-6,8-9,15-16H,1H3/b3-2-,5-4-,7-6+. The summed E-state index contributed by atoms with van der Waals surface area (Å²) in [5, 5.41) is 17.5. The van der Waals surface area contributed by atoms with Crippen LogP contribution in [0, 0.1) is 0 Å². The minimum Gasteiger partial charge on any atom is -0.364 e. The normalized spacial score (nSPS) is 16.6. The number of rotatable bonds is 4. The van der Waals surface area contributed by atoms with Crippen LogP contribution >= 0.6 is 0 Å². The van der Waals surface area contributed by atoms with Gasteiger partial charge in [0.25, 0.3) is 0 Å². The third-order valence-corrected chi connectivity index (χ3v) is 1.48. The van der Waals surface area contributed by atoms with Crippen LogP contribution in [0.3, 0.4) is 0 Å². The fraction of sp³-hybridized carbons (Fsp3) is 0.400. The van der Waals surface area contributed by atoms with Crippen molar-refractivity contribution in [3.05, 3.63) is 36.0 Å². The van der Waals surface area contributed by atoms with Crippen LogP contribution in [0.2, 0.25) is 0 Å². The Labute approximate surface area is 90.2 Å². The van der Waals surface area contributed by atoms with Crippen LogP contribution in [0.5, 0.6) is 0 Å². The van der Waals surface area contributed by atoms with Crippen molar-refractivity contribution in [1.29, 1.82) is 0 Å². The maximum absolute atomic E-state index is 12.9. The smallest absolute Gasteiger partial charge is 0.364 e. The summed E-state index contributed by atoms with van der Waals surface area (Å²) < 4.78 is 48.0. The molecule has 0 aliphatic rings. The van der Waals surface area contributed by atoms with Crippen LogP contribution in [0.25, 0.3) is 0 Å². The molecule has 0 saturated carbocycles. The molecule has 0 aromatic heterocycles. The van der Waals surface area contributed by atoms with Gasteiger partial charge in [0.15, 0.2) is 6.29 Å². The van der Waals surface area contributed by atoms with Gasteiger partial charge >= 0.3 is 6.18 Å². The van der Waals surface area contributed by atoms with E-state index in [0.29, 0.717) is 6.08 Å². The molecule has 0 rings (SSSR count). The molecule has 1 atom stereocenters. The van der Waals surface area contributed by atoms with Crippen molar-refractivity contribution >= 4 is 0 Å². The molecule has 0 radical (unpaired) electrons. The Hall–Kier alpha value is -1.14. The SMILES string of the molecule is C/C=C\C(=C/C(F)/C=C\C(F)(F)F)C(O)O. The zero-order valence-electron chi connectivity index (χ0n) is 8.45. The molecule has 0 aliphatic heterocycles. The Kier molecular flexibility index (Phi) is 5.98. The Bertz CT molecular complexity index is 290. The van der Waals surface area contributed by atoms with Crippen LogP contribution in [-0.2, 0) is 0 Å². The molecule has 0 spiro atoms. The molecule has 0 bridgehead atoms. The van der Waals surface area contributed by atoms with E-state index in [0.717, 1.165) is 0 Å². The second-order valence-electron chi connectivity index (χ2n) is 2.89. The first-order chi connectivity index (χ1) is 7.26. The lowest BCUT2D eigenvalue weighted by atomic mass is 10.1. The predicted octanol–water partition coefficient (Wildman–Crippen LogP) is 2.26. The summed E-state index contributed by atoms with van der Waals surface area (Å²) in [6.45, 7) is 1.55. The third-order valence-electron chi connectivity index (χ3n) is 1.48. The fourth-order valence-corrected chi connectivity index (χ4v) is 0.861. The van der Waals surface area contributed by atoms with Gasteiger partial charge in [0, 0.05) is 11.6 Å². The Balaban J connectivity index is 4.66. The zero-order valence-corrected chi connectivity index (χ0v) is 8.45. The molecule has 0 fully saturated rings. The highest BCUT2D eigenvalue weighted by Gasteiger charge is 2.22. The van der Waals surface area contributed by atoms with Gasteiger partial charge in [-0.2, -0.15) is 13.2 Å². The van der Waals surface area contributed by atoms with E-state index in [-0.39, 0.29) is 17.7 Å². The molecule has 2 nitrogen and oxygen atoms in total. The summed E-state index contributed by atoms with van der Waals surface area (Å²) in [5.41, 5.74) is -0.207. The summed E-state index contributed by atoms with van der Waals surface area (Å²) in [6, 6.07) is 0. The largest absolute Gasteiger partial charge is 0.409 e. The van der Waals surface area contributed by atoms with Gasteiger partial charge in [-0.05, 0) is 19.1 Å². The molecule has 0 aromatic rings. The first-order valence-electron chi connectivity index (χ1n) is 4.37. The number of hydrogen-bond donors (Lipinski definition) is 2. The lowest BCUT2D eigenvalue weighted by molar-refractivity contribution is -0.0802. The summed E-state index contributed by atoms with van der Waals surface area (Å²) >= 11 is 0. The highest BCUT2D eigenvalue weighted by Crippen LogP contribution is 2.17. The monoisotopic (exact) mass is 240 g/mol. The first-order valence-corrected chi connectivity index (χ1v) is 4.37. The van der Waals surface area contributed by atoms with Crippen molar-refractivity contribution in [1.82, 2.24) is 0 Å². The second-order valence-corrected chi connectivity index (χ2v) is 2.89. The van der Waals surface area contributed by atoms with E-state index in [2.05, 4.69) is 0 Å². The Morgan fingerprint density at radius 2 is 1.81 bits per heavy atom. The molecule has 0 amide bonds. The van der Waals surface area contributed by atoms with E-state index in [4.69, 9.17) is 10.2 Å². The lowest BCUT2D eigenvalue weighted by Gasteiger charge is -2.05. The van der Waals surface area contributed by atoms with Gasteiger partial charge in [0.2, 0.25) is 0 Å². The van der Waals surface area contributed by atoms with Crippen LogP contribution in [-0.4, -0.2) is 28.9 Å². The van der Waals surface area contributed by atoms with Crippen molar-refractivity contribution in [2.45, 2.75) is 25.6 Å². The minimum atomic E-state index is -4.59. The maximum atomic E-state index is 12.9. The first kappa shape index (κ1) is 14.9. The average Bonchev–Trinajstić information content (AvgIpc) is 2.13. The Morgan fingerprint density at radius 1 is 1.25 bits per heavy atom. The maximum Gasteiger partial charge on any atom is 0.409 e. The van der Waals surface area contributed by atoms with E-state index in [1.165, 1.54) is 12.2 Å². The molecule has 92 valence electrons. The molecular formula is C10H12F4O2. The van der Waals surface area contributed by atoms with Crippen molar-refractivity contribution in [2.24, 2.45) is 0 Å². The van der Waals surface area contributed by atoms with Crippen LogP contribution < -0.4 is 0 Å². The van der Waals surface area contributed by atoms with Crippen molar-refractivity contribution < 1.29 is 27.8 Å². The second kappa shape index (κ2) is 6.44. The average molecular weight is 240 g/mol. The predicted molar refractivity (Wildman–Crippen MR) is 51.2 cm³/mol. The van der Waals surface area contributed by atoms with Crippen molar-refractivity contribution in [3.8, 4) is 0 Å². The van der Waals surface area contributed by atoms with Crippen molar-refractivity contribution in [2.75, 3.05) is 0 Å². The molecule has 0 aliphatic carbocycles. The topological polar surface area (TPSA) is 40.5 Å². The quantitative estimate of drug-likeness (QED) is 0.342. The molecular weight excluding hydrogens is 228 g/mol. The van der Waals surface area contributed by atoms with Gasteiger partial charge in [0.05, 0.1) is 0 Å². The van der Waals surface area contributed by atoms with Crippen LogP contribution in [0.15, 0.2) is 36.0 Å². The van der Waals surface area contributed by atoms with Crippen molar-refractivity contribution in [3.63, 3.8) is 0 Å². The highest BCUT2D eigenvalue weighted by atomic mass is 19.4. The fourth-order valence-electron chi connectivity index (χ4n) is 0.861.